The molecule has 0 bridgehead atoms. The lowest BCUT2D eigenvalue weighted by atomic mass is 9.92. The van der Waals surface area contributed by atoms with Crippen molar-refractivity contribution in [3.63, 3.8) is 0 Å². The average Bonchev–Trinajstić information content (AvgIpc) is 2.29. The standard InChI is InChI=1S/C11H14N4O2/c1-16-9-2-3-10(9)17-15-8-4-11(13)14-6-7(8)5-12/h4,6,9-10H,2-3H2,1H3,(H3,13,14,15)/t9-,10-/m1/s1. The Kier molecular flexibility index (Phi) is 3.42. The molecule has 1 aliphatic carbocycles. The molecular formula is C11H14N4O2. The van der Waals surface area contributed by atoms with E-state index >= 15 is 0 Å². The van der Waals surface area contributed by atoms with E-state index < -0.39 is 0 Å². The number of aromatic nitrogens is 1. The SMILES string of the molecule is CO[C@@H]1CC[C@H]1ONc1cc(N)ncc1C#N. The van der Waals surface area contributed by atoms with Gasteiger partial charge in [-0.3, -0.25) is 10.3 Å². The zero-order valence-corrected chi connectivity index (χ0v) is 9.51. The van der Waals surface area contributed by atoms with E-state index in [1.807, 2.05) is 6.07 Å². The van der Waals surface area contributed by atoms with E-state index in [4.69, 9.17) is 20.6 Å². The number of rotatable bonds is 4. The fraction of sp³-hybridized carbons (Fsp3) is 0.455. The Morgan fingerprint density at radius 2 is 2.29 bits per heavy atom. The van der Waals surface area contributed by atoms with Crippen molar-refractivity contribution in [1.29, 1.82) is 5.26 Å². The maximum Gasteiger partial charge on any atom is 0.125 e. The van der Waals surface area contributed by atoms with Crippen molar-refractivity contribution in [1.82, 2.24) is 4.98 Å². The smallest absolute Gasteiger partial charge is 0.125 e. The molecule has 1 aliphatic rings. The van der Waals surface area contributed by atoms with Crippen molar-refractivity contribution in [3.05, 3.63) is 17.8 Å². The minimum atomic E-state index is 0.0148. The Bertz CT molecular complexity index is 442. The van der Waals surface area contributed by atoms with Crippen LogP contribution in [-0.4, -0.2) is 24.3 Å². The van der Waals surface area contributed by atoms with Crippen molar-refractivity contribution in [2.75, 3.05) is 18.3 Å². The fourth-order valence-electron chi connectivity index (χ4n) is 1.63. The number of nitrogens with zero attached hydrogens (tertiary/aromatic N) is 2. The van der Waals surface area contributed by atoms with E-state index in [2.05, 4.69) is 10.5 Å². The molecule has 0 aliphatic heterocycles. The molecule has 1 saturated carbocycles. The summed E-state index contributed by atoms with van der Waals surface area (Å²) in [4.78, 5) is 9.29. The molecule has 0 spiro atoms. The molecule has 1 fully saturated rings. The van der Waals surface area contributed by atoms with E-state index in [0.717, 1.165) is 12.8 Å². The summed E-state index contributed by atoms with van der Waals surface area (Å²) in [6.07, 6.45) is 3.48. The van der Waals surface area contributed by atoms with E-state index in [9.17, 15) is 0 Å². The van der Waals surface area contributed by atoms with Crippen LogP contribution in [0.2, 0.25) is 0 Å². The number of hydrogen-bond acceptors (Lipinski definition) is 6. The van der Waals surface area contributed by atoms with E-state index in [0.29, 0.717) is 17.1 Å². The Morgan fingerprint density at radius 1 is 1.53 bits per heavy atom. The van der Waals surface area contributed by atoms with E-state index in [1.165, 1.54) is 6.20 Å². The molecule has 2 rings (SSSR count). The first-order valence-electron chi connectivity index (χ1n) is 5.34. The molecule has 3 N–H and O–H groups in total. The summed E-state index contributed by atoms with van der Waals surface area (Å²) in [5, 5.41) is 8.89. The van der Waals surface area contributed by atoms with Crippen LogP contribution < -0.4 is 11.2 Å². The molecule has 1 aromatic heterocycles. The van der Waals surface area contributed by atoms with Gasteiger partial charge in [0.15, 0.2) is 0 Å². The third kappa shape index (κ3) is 2.46. The van der Waals surface area contributed by atoms with Gasteiger partial charge in [-0.25, -0.2) is 4.98 Å². The minimum absolute atomic E-state index is 0.0148. The zero-order valence-electron chi connectivity index (χ0n) is 9.51. The van der Waals surface area contributed by atoms with Gasteiger partial charge in [-0.2, -0.15) is 5.26 Å². The van der Waals surface area contributed by atoms with Crippen molar-refractivity contribution in [2.24, 2.45) is 0 Å². The lowest BCUT2D eigenvalue weighted by molar-refractivity contribution is -0.0966. The summed E-state index contributed by atoms with van der Waals surface area (Å²) < 4.78 is 5.20. The van der Waals surface area contributed by atoms with Gasteiger partial charge in [0.05, 0.1) is 17.4 Å². The number of pyridine rings is 1. The first-order valence-corrected chi connectivity index (χ1v) is 5.34. The van der Waals surface area contributed by atoms with Crippen LogP contribution in [0.1, 0.15) is 18.4 Å². The molecule has 6 nitrogen and oxygen atoms in total. The summed E-state index contributed by atoms with van der Waals surface area (Å²) in [5.74, 6) is 0.340. The lowest BCUT2D eigenvalue weighted by Gasteiger charge is -2.34. The molecule has 0 amide bonds. The number of nitrogens with one attached hydrogen (secondary N) is 1. The maximum absolute atomic E-state index is 8.89. The number of anilines is 2. The number of methoxy groups -OCH3 is 1. The molecule has 0 radical (unpaired) electrons. The molecule has 1 heterocycles. The summed E-state index contributed by atoms with van der Waals surface area (Å²) in [7, 11) is 1.66. The molecule has 0 aromatic carbocycles. The third-order valence-corrected chi connectivity index (χ3v) is 2.82. The second-order valence-corrected chi connectivity index (χ2v) is 3.88. The number of nitrogens with two attached hydrogens (primary N) is 1. The van der Waals surface area contributed by atoms with E-state index in [1.54, 1.807) is 13.2 Å². The highest BCUT2D eigenvalue weighted by Gasteiger charge is 2.32. The van der Waals surface area contributed by atoms with Gasteiger partial charge >= 0.3 is 0 Å². The van der Waals surface area contributed by atoms with Gasteiger partial charge in [0.1, 0.15) is 18.0 Å². The highest BCUT2D eigenvalue weighted by atomic mass is 16.7. The molecular weight excluding hydrogens is 220 g/mol. The quantitative estimate of drug-likeness (QED) is 0.756. The average molecular weight is 234 g/mol. The normalized spacial score (nSPS) is 22.6. The first-order chi connectivity index (χ1) is 8.24. The number of ether oxygens (including phenoxy) is 1. The van der Waals surface area contributed by atoms with Crippen molar-refractivity contribution >= 4 is 11.5 Å². The molecule has 90 valence electrons. The van der Waals surface area contributed by atoms with Crippen LogP contribution >= 0.6 is 0 Å². The highest BCUT2D eigenvalue weighted by Crippen LogP contribution is 2.26. The highest BCUT2D eigenvalue weighted by molar-refractivity contribution is 5.59. The number of hydrogen-bond donors (Lipinski definition) is 2. The summed E-state index contributed by atoms with van der Waals surface area (Å²) in [5.41, 5.74) is 9.22. The van der Waals surface area contributed by atoms with Crippen molar-refractivity contribution in [2.45, 2.75) is 25.0 Å². The van der Waals surface area contributed by atoms with Crippen molar-refractivity contribution < 1.29 is 9.57 Å². The minimum Gasteiger partial charge on any atom is -0.384 e. The van der Waals surface area contributed by atoms with Gasteiger partial charge in [-0.1, -0.05) is 0 Å². The first kappa shape index (κ1) is 11.6. The Balaban J connectivity index is 1.99. The largest absolute Gasteiger partial charge is 0.384 e. The Hall–Kier alpha value is -1.84. The van der Waals surface area contributed by atoms with Crippen LogP contribution in [0, 0.1) is 11.3 Å². The Morgan fingerprint density at radius 3 is 2.88 bits per heavy atom. The van der Waals surface area contributed by atoms with Crippen LogP contribution in [0.4, 0.5) is 11.5 Å². The molecule has 2 atom stereocenters. The fourth-order valence-corrected chi connectivity index (χ4v) is 1.63. The van der Waals surface area contributed by atoms with E-state index in [-0.39, 0.29) is 12.2 Å². The molecule has 6 heteroatoms. The lowest BCUT2D eigenvalue weighted by Crippen LogP contribution is -2.41. The molecule has 0 saturated heterocycles. The predicted molar refractivity (Wildman–Crippen MR) is 61.9 cm³/mol. The molecule has 17 heavy (non-hydrogen) atoms. The van der Waals surface area contributed by atoms with Crippen molar-refractivity contribution in [3.8, 4) is 6.07 Å². The molecule has 0 unspecified atom stereocenters. The van der Waals surface area contributed by atoms with Crippen LogP contribution in [0.15, 0.2) is 12.3 Å². The topological polar surface area (TPSA) is 93.2 Å². The summed E-state index contributed by atoms with van der Waals surface area (Å²) in [6.45, 7) is 0. The molecule has 1 aromatic rings. The summed E-state index contributed by atoms with van der Waals surface area (Å²) in [6, 6.07) is 3.58. The monoisotopic (exact) mass is 234 g/mol. The Labute approximate surface area is 99.3 Å². The zero-order chi connectivity index (χ0) is 12.3. The van der Waals surface area contributed by atoms with Gasteiger partial charge < -0.3 is 10.5 Å². The maximum atomic E-state index is 8.89. The summed E-state index contributed by atoms with van der Waals surface area (Å²) >= 11 is 0. The van der Waals surface area contributed by atoms with Gasteiger partial charge in [-0.15, -0.1) is 0 Å². The van der Waals surface area contributed by atoms with Crippen LogP contribution in [0.25, 0.3) is 0 Å². The second kappa shape index (κ2) is 4.99. The van der Waals surface area contributed by atoms with Gasteiger partial charge in [-0.05, 0) is 12.8 Å². The second-order valence-electron chi connectivity index (χ2n) is 3.88. The van der Waals surface area contributed by atoms with Gasteiger partial charge in [0, 0.05) is 19.4 Å². The van der Waals surface area contributed by atoms with Gasteiger partial charge in [0.25, 0.3) is 0 Å². The number of nitrogen functional groups attached to an aromatic ring is 1. The van der Waals surface area contributed by atoms with Crippen LogP contribution in [-0.2, 0) is 9.57 Å². The predicted octanol–water partition coefficient (Wildman–Crippen LogP) is 1.06. The third-order valence-electron chi connectivity index (χ3n) is 2.82. The number of nitriles is 1. The van der Waals surface area contributed by atoms with Gasteiger partial charge in [0.2, 0.25) is 0 Å². The van der Waals surface area contributed by atoms with Crippen LogP contribution in [0.5, 0.6) is 0 Å². The van der Waals surface area contributed by atoms with Crippen LogP contribution in [0.3, 0.4) is 0 Å².